The van der Waals surface area contributed by atoms with Crippen molar-refractivity contribution in [3.8, 4) is 5.75 Å². The molecule has 0 saturated heterocycles. The van der Waals surface area contributed by atoms with Crippen LogP contribution >= 0.6 is 0 Å². The zero-order valence-electron chi connectivity index (χ0n) is 10.1. The van der Waals surface area contributed by atoms with Crippen LogP contribution in [0.15, 0.2) is 24.3 Å². The van der Waals surface area contributed by atoms with Crippen molar-refractivity contribution in [2.24, 2.45) is 0 Å². The Morgan fingerprint density at radius 2 is 2.00 bits per heavy atom. The Kier molecular flexibility index (Phi) is 5.90. The normalized spacial score (nSPS) is 12.4. The molecule has 1 unspecified atom stereocenters. The molecule has 0 saturated carbocycles. The van der Waals surface area contributed by atoms with E-state index in [9.17, 15) is 0 Å². The molecule has 0 aliphatic carbocycles. The Balaban J connectivity index is 2.18. The van der Waals surface area contributed by atoms with Gasteiger partial charge in [-0.15, -0.1) is 0 Å². The quantitative estimate of drug-likeness (QED) is 0.692. The maximum Gasteiger partial charge on any atom is 0.119 e. The first kappa shape index (κ1) is 13.0. The molecule has 1 aromatic carbocycles. The highest BCUT2D eigenvalue weighted by Gasteiger charge is 2.02. The molecule has 2 N–H and O–H groups in total. The molecule has 0 radical (unpaired) electrons. The lowest BCUT2D eigenvalue weighted by Crippen LogP contribution is -2.34. The van der Waals surface area contributed by atoms with Gasteiger partial charge in [-0.05, 0) is 25.5 Å². The predicted octanol–water partition coefficient (Wildman–Crippen LogP) is 1.73. The molecule has 90 valence electrons. The fourth-order valence-corrected chi connectivity index (χ4v) is 1.40. The van der Waals surface area contributed by atoms with Gasteiger partial charge in [0.25, 0.3) is 0 Å². The molecule has 1 atom stereocenters. The number of aryl methyl sites for hydroxylation is 1. The van der Waals surface area contributed by atoms with Crippen molar-refractivity contribution < 1.29 is 9.84 Å². The number of benzene rings is 1. The van der Waals surface area contributed by atoms with Crippen LogP contribution in [0.1, 0.15) is 18.9 Å². The van der Waals surface area contributed by atoms with Gasteiger partial charge in [0.1, 0.15) is 12.4 Å². The second-order valence-corrected chi connectivity index (χ2v) is 3.90. The predicted molar refractivity (Wildman–Crippen MR) is 65.8 cm³/mol. The summed E-state index contributed by atoms with van der Waals surface area (Å²) in [5.74, 6) is 0.893. The number of aliphatic hydroxyl groups excluding tert-OH is 1. The van der Waals surface area contributed by atoms with Crippen LogP contribution in [0.2, 0.25) is 0 Å². The van der Waals surface area contributed by atoms with Crippen LogP contribution < -0.4 is 10.1 Å². The highest BCUT2D eigenvalue weighted by Crippen LogP contribution is 2.10. The van der Waals surface area contributed by atoms with Gasteiger partial charge in [0, 0.05) is 12.6 Å². The van der Waals surface area contributed by atoms with Crippen molar-refractivity contribution in [1.29, 1.82) is 0 Å². The van der Waals surface area contributed by atoms with E-state index in [1.54, 1.807) is 0 Å². The largest absolute Gasteiger partial charge is 0.492 e. The van der Waals surface area contributed by atoms with Crippen molar-refractivity contribution >= 4 is 0 Å². The Hall–Kier alpha value is -1.06. The van der Waals surface area contributed by atoms with Gasteiger partial charge in [-0.3, -0.25) is 0 Å². The molecule has 3 heteroatoms. The highest BCUT2D eigenvalue weighted by molar-refractivity contribution is 5.26. The second kappa shape index (κ2) is 7.25. The van der Waals surface area contributed by atoms with Gasteiger partial charge in [0.2, 0.25) is 0 Å². The molecule has 0 spiro atoms. The molecule has 1 rings (SSSR count). The SMILES string of the molecule is CCC(CO)NCCOc1ccc(C)cc1. The summed E-state index contributed by atoms with van der Waals surface area (Å²) < 4.78 is 5.56. The van der Waals surface area contributed by atoms with E-state index in [-0.39, 0.29) is 12.6 Å². The molecule has 3 nitrogen and oxygen atoms in total. The van der Waals surface area contributed by atoms with E-state index >= 15 is 0 Å². The molecule has 0 heterocycles. The minimum absolute atomic E-state index is 0.182. The lowest BCUT2D eigenvalue weighted by atomic mass is 10.2. The molecule has 0 bridgehead atoms. The average molecular weight is 223 g/mol. The molecular weight excluding hydrogens is 202 g/mol. The van der Waals surface area contributed by atoms with Crippen LogP contribution in [0.3, 0.4) is 0 Å². The first-order valence-corrected chi connectivity index (χ1v) is 5.80. The van der Waals surface area contributed by atoms with E-state index in [1.165, 1.54) is 5.56 Å². The summed E-state index contributed by atoms with van der Waals surface area (Å²) >= 11 is 0. The highest BCUT2D eigenvalue weighted by atomic mass is 16.5. The number of rotatable bonds is 7. The van der Waals surface area contributed by atoms with Crippen molar-refractivity contribution in [3.05, 3.63) is 29.8 Å². The first-order valence-electron chi connectivity index (χ1n) is 5.80. The third-order valence-electron chi connectivity index (χ3n) is 2.54. The Labute approximate surface area is 97.4 Å². The third kappa shape index (κ3) is 4.64. The Bertz CT molecular complexity index is 280. The molecule has 0 aromatic heterocycles. The molecule has 0 amide bonds. The third-order valence-corrected chi connectivity index (χ3v) is 2.54. The number of hydrogen-bond donors (Lipinski definition) is 2. The molecule has 1 aromatic rings. The van der Waals surface area contributed by atoms with E-state index < -0.39 is 0 Å². The summed E-state index contributed by atoms with van der Waals surface area (Å²) in [5.41, 5.74) is 1.23. The van der Waals surface area contributed by atoms with Crippen molar-refractivity contribution in [2.45, 2.75) is 26.3 Å². The van der Waals surface area contributed by atoms with Gasteiger partial charge in [-0.25, -0.2) is 0 Å². The fraction of sp³-hybridized carbons (Fsp3) is 0.538. The van der Waals surface area contributed by atoms with E-state index in [0.717, 1.165) is 18.7 Å². The summed E-state index contributed by atoms with van der Waals surface area (Å²) in [6.07, 6.45) is 0.932. The van der Waals surface area contributed by atoms with Crippen LogP contribution in [0.4, 0.5) is 0 Å². The molecule has 0 aliphatic heterocycles. The Morgan fingerprint density at radius 3 is 2.56 bits per heavy atom. The lowest BCUT2D eigenvalue weighted by molar-refractivity contribution is 0.227. The van der Waals surface area contributed by atoms with Crippen LogP contribution in [-0.4, -0.2) is 30.9 Å². The zero-order valence-corrected chi connectivity index (χ0v) is 10.1. The minimum Gasteiger partial charge on any atom is -0.492 e. The number of aliphatic hydroxyl groups is 1. The lowest BCUT2D eigenvalue weighted by Gasteiger charge is -2.14. The van der Waals surface area contributed by atoms with Gasteiger partial charge in [-0.2, -0.15) is 0 Å². The maximum atomic E-state index is 8.97. The van der Waals surface area contributed by atoms with E-state index in [0.29, 0.717) is 6.61 Å². The summed E-state index contributed by atoms with van der Waals surface area (Å²) in [4.78, 5) is 0. The van der Waals surface area contributed by atoms with Crippen molar-refractivity contribution in [3.63, 3.8) is 0 Å². The van der Waals surface area contributed by atoms with Gasteiger partial charge in [0.15, 0.2) is 0 Å². The van der Waals surface area contributed by atoms with Gasteiger partial charge >= 0.3 is 0 Å². The topological polar surface area (TPSA) is 41.5 Å². The van der Waals surface area contributed by atoms with E-state index in [1.807, 2.05) is 24.3 Å². The summed E-state index contributed by atoms with van der Waals surface area (Å²) in [5, 5.41) is 12.2. The first-order chi connectivity index (χ1) is 7.76. The smallest absolute Gasteiger partial charge is 0.119 e. The van der Waals surface area contributed by atoms with Crippen LogP contribution in [0.25, 0.3) is 0 Å². The van der Waals surface area contributed by atoms with Crippen molar-refractivity contribution in [1.82, 2.24) is 5.32 Å². The number of hydrogen-bond acceptors (Lipinski definition) is 3. The number of ether oxygens (including phenoxy) is 1. The zero-order chi connectivity index (χ0) is 11.8. The van der Waals surface area contributed by atoms with Gasteiger partial charge < -0.3 is 15.2 Å². The van der Waals surface area contributed by atoms with Crippen molar-refractivity contribution in [2.75, 3.05) is 19.8 Å². The molecule has 0 fully saturated rings. The second-order valence-electron chi connectivity index (χ2n) is 3.90. The van der Waals surface area contributed by atoms with Crippen LogP contribution in [0.5, 0.6) is 5.75 Å². The summed E-state index contributed by atoms with van der Waals surface area (Å²) in [7, 11) is 0. The standard InChI is InChI=1S/C13H21NO2/c1-3-12(10-15)14-8-9-16-13-6-4-11(2)5-7-13/h4-7,12,14-15H,3,8-10H2,1-2H3. The van der Waals surface area contributed by atoms with Gasteiger partial charge in [0.05, 0.1) is 6.61 Å². The van der Waals surface area contributed by atoms with Gasteiger partial charge in [-0.1, -0.05) is 24.6 Å². The number of nitrogens with one attached hydrogen (secondary N) is 1. The van der Waals surface area contributed by atoms with Crippen LogP contribution in [0, 0.1) is 6.92 Å². The summed E-state index contributed by atoms with van der Waals surface area (Å²) in [6, 6.07) is 8.19. The molecule has 0 aliphatic rings. The Morgan fingerprint density at radius 1 is 1.31 bits per heavy atom. The maximum absolute atomic E-state index is 8.97. The average Bonchev–Trinajstić information content (AvgIpc) is 2.32. The monoisotopic (exact) mass is 223 g/mol. The molecular formula is C13H21NO2. The fourth-order valence-electron chi connectivity index (χ4n) is 1.40. The van der Waals surface area contributed by atoms with Crippen LogP contribution in [-0.2, 0) is 0 Å². The van der Waals surface area contributed by atoms with E-state index in [2.05, 4.69) is 19.2 Å². The van der Waals surface area contributed by atoms with E-state index in [4.69, 9.17) is 9.84 Å². The molecule has 16 heavy (non-hydrogen) atoms. The summed E-state index contributed by atoms with van der Waals surface area (Å²) in [6.45, 7) is 5.67. The minimum atomic E-state index is 0.182.